The number of rotatable bonds is 6. The summed E-state index contributed by atoms with van der Waals surface area (Å²) in [5, 5.41) is 22.3. The number of non-ortho nitro benzene ring substituents is 1. The second-order valence-corrected chi connectivity index (χ2v) is 7.24. The average molecular weight is 475 g/mol. The summed E-state index contributed by atoms with van der Waals surface area (Å²) in [4.78, 5) is 37.4. The molecule has 2 heterocycles. The van der Waals surface area contributed by atoms with E-state index in [4.69, 9.17) is 18.9 Å². The Morgan fingerprint density at radius 3 is 2.57 bits per heavy atom. The van der Waals surface area contributed by atoms with E-state index in [0.717, 1.165) is 18.2 Å². The lowest BCUT2D eigenvalue weighted by Crippen LogP contribution is -2.05. The van der Waals surface area contributed by atoms with Gasteiger partial charge < -0.3 is 18.9 Å². The highest BCUT2D eigenvalue weighted by atomic mass is 16.7. The third-order valence-electron chi connectivity index (χ3n) is 4.98. The van der Waals surface area contributed by atoms with Gasteiger partial charge in [0.2, 0.25) is 18.4 Å². The molecule has 0 fully saturated rings. The van der Waals surface area contributed by atoms with Crippen molar-refractivity contribution in [2.24, 2.45) is 4.99 Å². The minimum atomic E-state index is -0.769. The number of ether oxygens (including phenoxy) is 4. The number of hydrogen-bond acceptors (Lipinski definition) is 10. The third-order valence-corrected chi connectivity index (χ3v) is 4.98. The molecule has 3 aromatic carbocycles. The van der Waals surface area contributed by atoms with Crippen LogP contribution >= 0.6 is 0 Å². The second kappa shape index (κ2) is 8.59. The van der Waals surface area contributed by atoms with E-state index in [2.05, 4.69) is 4.99 Å². The van der Waals surface area contributed by atoms with E-state index in [1.165, 1.54) is 12.1 Å². The van der Waals surface area contributed by atoms with E-state index in [-0.39, 0.29) is 29.9 Å². The number of nitro groups is 2. The number of nitrogens with zero attached hydrogens (tertiary/aromatic N) is 3. The maximum Gasteiger partial charge on any atom is 0.363 e. The fourth-order valence-corrected chi connectivity index (χ4v) is 3.36. The molecular formula is C23H13N3O9. The number of benzene rings is 3. The molecule has 0 unspecified atom stereocenters. The van der Waals surface area contributed by atoms with Gasteiger partial charge in [0, 0.05) is 11.6 Å². The van der Waals surface area contributed by atoms with Crippen LogP contribution in [0.4, 0.5) is 11.4 Å². The van der Waals surface area contributed by atoms with Crippen molar-refractivity contribution in [1.82, 2.24) is 0 Å². The van der Waals surface area contributed by atoms with Crippen LogP contribution in [-0.4, -0.2) is 28.5 Å². The Morgan fingerprint density at radius 1 is 0.943 bits per heavy atom. The van der Waals surface area contributed by atoms with Gasteiger partial charge in [-0.1, -0.05) is 12.1 Å². The van der Waals surface area contributed by atoms with Gasteiger partial charge in [0.15, 0.2) is 17.2 Å². The first-order valence-electron chi connectivity index (χ1n) is 10.0. The summed E-state index contributed by atoms with van der Waals surface area (Å²) in [7, 11) is 0. The molecule has 5 rings (SSSR count). The summed E-state index contributed by atoms with van der Waals surface area (Å²) >= 11 is 0. The molecule has 0 saturated heterocycles. The van der Waals surface area contributed by atoms with E-state index in [0.29, 0.717) is 22.6 Å². The van der Waals surface area contributed by atoms with Crippen LogP contribution in [0.5, 0.6) is 23.0 Å². The Bertz CT molecular complexity index is 1460. The molecule has 0 amide bonds. The zero-order valence-electron chi connectivity index (χ0n) is 17.6. The van der Waals surface area contributed by atoms with Crippen molar-refractivity contribution in [3.8, 4) is 23.0 Å². The maximum atomic E-state index is 12.4. The summed E-state index contributed by atoms with van der Waals surface area (Å²) in [6.07, 6.45) is 1.47. The number of esters is 1. The molecule has 0 aromatic heterocycles. The molecule has 0 aliphatic carbocycles. The van der Waals surface area contributed by atoms with Gasteiger partial charge in [0.05, 0.1) is 15.9 Å². The lowest BCUT2D eigenvalue weighted by atomic mass is 10.2. The van der Waals surface area contributed by atoms with Crippen LogP contribution in [0, 0.1) is 20.2 Å². The summed E-state index contributed by atoms with van der Waals surface area (Å²) < 4.78 is 21.5. The van der Waals surface area contributed by atoms with Gasteiger partial charge in [-0.3, -0.25) is 20.2 Å². The highest BCUT2D eigenvalue weighted by molar-refractivity contribution is 6.13. The molecule has 2 aliphatic rings. The Balaban J connectivity index is 1.40. The van der Waals surface area contributed by atoms with Crippen LogP contribution in [0.25, 0.3) is 6.08 Å². The Labute approximate surface area is 195 Å². The van der Waals surface area contributed by atoms with Gasteiger partial charge in [0.1, 0.15) is 5.75 Å². The molecule has 0 radical (unpaired) electrons. The molecule has 12 nitrogen and oxygen atoms in total. The molecular weight excluding hydrogens is 462 g/mol. The fraction of sp³-hybridized carbons (Fsp3) is 0.0435. The molecule has 0 spiro atoms. The van der Waals surface area contributed by atoms with Crippen LogP contribution in [-0.2, 0) is 9.53 Å². The lowest BCUT2D eigenvalue weighted by molar-refractivity contribution is -0.394. The fourth-order valence-electron chi connectivity index (χ4n) is 3.36. The number of carbonyl (C=O) groups is 1. The first kappa shape index (κ1) is 21.6. The second-order valence-electron chi connectivity index (χ2n) is 7.24. The summed E-state index contributed by atoms with van der Waals surface area (Å²) in [5.41, 5.74) is 0.0955. The van der Waals surface area contributed by atoms with Crippen LogP contribution in [0.2, 0.25) is 0 Å². The number of aliphatic imine (C=N–C) groups is 1. The van der Waals surface area contributed by atoms with E-state index in [1.54, 1.807) is 36.4 Å². The summed E-state index contributed by atoms with van der Waals surface area (Å²) in [5.74, 6) is 0.586. The first-order chi connectivity index (χ1) is 16.9. The average Bonchev–Trinajstić information content (AvgIpc) is 3.45. The van der Waals surface area contributed by atoms with Gasteiger partial charge in [-0.15, -0.1) is 0 Å². The Kier molecular flexibility index (Phi) is 5.30. The van der Waals surface area contributed by atoms with Gasteiger partial charge in [-0.25, -0.2) is 9.79 Å². The van der Waals surface area contributed by atoms with Crippen LogP contribution < -0.4 is 14.2 Å². The molecule has 0 saturated carbocycles. The monoisotopic (exact) mass is 475 g/mol. The van der Waals surface area contributed by atoms with Crippen LogP contribution in [0.3, 0.4) is 0 Å². The molecule has 12 heteroatoms. The number of fused-ring (bicyclic) bond motifs is 1. The zero-order chi connectivity index (χ0) is 24.5. The highest BCUT2D eigenvalue weighted by Crippen LogP contribution is 2.35. The maximum absolute atomic E-state index is 12.4. The van der Waals surface area contributed by atoms with Crippen molar-refractivity contribution in [3.63, 3.8) is 0 Å². The summed E-state index contributed by atoms with van der Waals surface area (Å²) in [6, 6.07) is 14.5. The van der Waals surface area contributed by atoms with Crippen LogP contribution in [0.1, 0.15) is 11.1 Å². The topological polar surface area (TPSA) is 153 Å². The minimum Gasteiger partial charge on any atom is -0.454 e. The molecule has 0 N–H and O–H groups in total. The molecule has 35 heavy (non-hydrogen) atoms. The van der Waals surface area contributed by atoms with E-state index >= 15 is 0 Å². The van der Waals surface area contributed by atoms with Crippen molar-refractivity contribution < 1.29 is 33.6 Å². The van der Waals surface area contributed by atoms with Crippen molar-refractivity contribution in [2.45, 2.75) is 0 Å². The summed E-state index contributed by atoms with van der Waals surface area (Å²) in [6.45, 7) is 0.109. The van der Waals surface area contributed by atoms with Crippen LogP contribution in [0.15, 0.2) is 71.4 Å². The Hall–Kier alpha value is -5.26. The van der Waals surface area contributed by atoms with E-state index in [1.807, 2.05) is 0 Å². The predicted octanol–water partition coefficient (Wildman–Crippen LogP) is 4.37. The molecule has 0 bridgehead atoms. The third kappa shape index (κ3) is 4.35. The Morgan fingerprint density at radius 2 is 1.77 bits per heavy atom. The van der Waals surface area contributed by atoms with Gasteiger partial charge in [-0.2, -0.15) is 0 Å². The molecule has 3 aromatic rings. The number of nitro benzene ring substituents is 2. The van der Waals surface area contributed by atoms with Gasteiger partial charge in [-0.05, 0) is 48.0 Å². The molecule has 0 atom stereocenters. The number of hydrogen-bond donors (Lipinski definition) is 0. The van der Waals surface area contributed by atoms with Gasteiger partial charge >= 0.3 is 11.7 Å². The highest BCUT2D eigenvalue weighted by Gasteiger charge is 2.26. The first-order valence-corrected chi connectivity index (χ1v) is 10.0. The SMILES string of the molecule is O=C1OC(c2ccc3c(c2)OCO3)=N/C1=C/c1cccc(Oc2ccc([N+](=O)[O-])cc2[N+](=O)[O-])c1. The number of cyclic esters (lactones) is 1. The minimum absolute atomic E-state index is 0.0381. The zero-order valence-corrected chi connectivity index (χ0v) is 17.6. The normalized spacial score (nSPS) is 15.0. The molecule has 174 valence electrons. The standard InChI is InChI=1S/C23H13N3O9/c27-23-17(24-22(35-23)14-4-6-20-21(10-14)33-12-32-20)9-13-2-1-3-16(8-13)34-19-7-5-15(25(28)29)11-18(19)26(30)31/h1-11H,12H2/b17-9+. The number of carbonyl (C=O) groups excluding carboxylic acids is 1. The van der Waals surface area contributed by atoms with Gasteiger partial charge in [0.25, 0.3) is 5.69 Å². The smallest absolute Gasteiger partial charge is 0.363 e. The van der Waals surface area contributed by atoms with Crippen molar-refractivity contribution >= 4 is 29.3 Å². The van der Waals surface area contributed by atoms with E-state index in [9.17, 15) is 25.0 Å². The molecule has 2 aliphatic heterocycles. The van der Waals surface area contributed by atoms with E-state index < -0.39 is 27.2 Å². The quantitative estimate of drug-likeness (QED) is 0.219. The van der Waals surface area contributed by atoms with Crippen molar-refractivity contribution in [3.05, 3.63) is 97.7 Å². The lowest BCUT2D eigenvalue weighted by Gasteiger charge is -2.07. The van der Waals surface area contributed by atoms with Crippen molar-refractivity contribution in [2.75, 3.05) is 6.79 Å². The predicted molar refractivity (Wildman–Crippen MR) is 119 cm³/mol. The largest absolute Gasteiger partial charge is 0.454 e. The van der Waals surface area contributed by atoms with Crippen molar-refractivity contribution in [1.29, 1.82) is 0 Å².